The van der Waals surface area contributed by atoms with E-state index in [2.05, 4.69) is 30.8 Å². The standard InChI is InChI=1S/C18H28N2O2/c1-14-13-20(3)15(2)11-18(14,21)9-10-19-12-16-5-7-17(22-4)8-6-16/h5-8,12,14-15,21H,9-11,13H2,1-4H3/t14-,15-,18-/m1/s1. The molecule has 0 amide bonds. The lowest BCUT2D eigenvalue weighted by atomic mass is 9.77. The molecule has 1 aromatic carbocycles. The average molecular weight is 304 g/mol. The Balaban J connectivity index is 1.87. The summed E-state index contributed by atoms with van der Waals surface area (Å²) in [6.07, 6.45) is 3.41. The number of hydrogen-bond acceptors (Lipinski definition) is 4. The first-order valence-electron chi connectivity index (χ1n) is 8.01. The molecule has 1 aromatic rings. The molecular weight excluding hydrogens is 276 g/mol. The van der Waals surface area contributed by atoms with Gasteiger partial charge in [-0.25, -0.2) is 0 Å². The van der Waals surface area contributed by atoms with Crippen molar-refractivity contribution in [2.75, 3.05) is 27.2 Å². The van der Waals surface area contributed by atoms with Crippen molar-refractivity contribution in [1.82, 2.24) is 4.90 Å². The zero-order chi connectivity index (χ0) is 16.2. The number of ether oxygens (including phenoxy) is 1. The van der Waals surface area contributed by atoms with Gasteiger partial charge >= 0.3 is 0 Å². The highest BCUT2D eigenvalue weighted by molar-refractivity contribution is 5.79. The Hall–Kier alpha value is -1.39. The van der Waals surface area contributed by atoms with Crippen LogP contribution in [0.5, 0.6) is 5.75 Å². The molecule has 0 aromatic heterocycles. The van der Waals surface area contributed by atoms with Crippen molar-refractivity contribution >= 4 is 6.21 Å². The van der Waals surface area contributed by atoms with E-state index < -0.39 is 5.60 Å². The molecule has 0 aliphatic carbocycles. The summed E-state index contributed by atoms with van der Waals surface area (Å²) in [4.78, 5) is 6.79. The van der Waals surface area contributed by atoms with Crippen LogP contribution in [0, 0.1) is 5.92 Å². The topological polar surface area (TPSA) is 45.1 Å². The van der Waals surface area contributed by atoms with Gasteiger partial charge in [0.1, 0.15) is 5.75 Å². The maximum Gasteiger partial charge on any atom is 0.118 e. The number of benzene rings is 1. The van der Waals surface area contributed by atoms with Crippen molar-refractivity contribution in [3.05, 3.63) is 29.8 Å². The van der Waals surface area contributed by atoms with Gasteiger partial charge in [0, 0.05) is 25.3 Å². The van der Waals surface area contributed by atoms with Gasteiger partial charge in [-0.1, -0.05) is 6.92 Å². The number of piperidine rings is 1. The van der Waals surface area contributed by atoms with E-state index in [0.29, 0.717) is 12.6 Å². The van der Waals surface area contributed by atoms with Crippen LogP contribution in [0.3, 0.4) is 0 Å². The number of likely N-dealkylation sites (tertiary alicyclic amines) is 1. The molecule has 22 heavy (non-hydrogen) atoms. The van der Waals surface area contributed by atoms with Crippen molar-refractivity contribution in [3.63, 3.8) is 0 Å². The van der Waals surface area contributed by atoms with E-state index in [-0.39, 0.29) is 5.92 Å². The second kappa shape index (κ2) is 7.25. The maximum atomic E-state index is 10.9. The largest absolute Gasteiger partial charge is 0.497 e. The Morgan fingerprint density at radius 2 is 2.05 bits per heavy atom. The van der Waals surface area contributed by atoms with Crippen molar-refractivity contribution < 1.29 is 9.84 Å². The summed E-state index contributed by atoms with van der Waals surface area (Å²) in [6, 6.07) is 8.24. The quantitative estimate of drug-likeness (QED) is 0.851. The highest BCUT2D eigenvalue weighted by Gasteiger charge is 2.40. The Labute approximate surface area is 133 Å². The fraction of sp³-hybridized carbons (Fsp3) is 0.611. The van der Waals surface area contributed by atoms with Crippen molar-refractivity contribution in [2.45, 2.75) is 38.3 Å². The van der Waals surface area contributed by atoms with Crippen LogP contribution in [0.2, 0.25) is 0 Å². The van der Waals surface area contributed by atoms with Gasteiger partial charge in [0.25, 0.3) is 0 Å². The van der Waals surface area contributed by atoms with Crippen molar-refractivity contribution in [2.24, 2.45) is 10.9 Å². The first-order valence-corrected chi connectivity index (χ1v) is 8.01. The van der Waals surface area contributed by atoms with Crippen LogP contribution in [0.15, 0.2) is 29.3 Å². The van der Waals surface area contributed by atoms with Gasteiger partial charge in [0.05, 0.1) is 12.7 Å². The molecule has 1 heterocycles. The van der Waals surface area contributed by atoms with E-state index >= 15 is 0 Å². The molecule has 1 fully saturated rings. The summed E-state index contributed by atoms with van der Waals surface area (Å²) in [5, 5.41) is 10.9. The van der Waals surface area contributed by atoms with Gasteiger partial charge in [0.2, 0.25) is 0 Å². The Bertz CT molecular complexity index is 500. The fourth-order valence-electron chi connectivity index (χ4n) is 3.12. The van der Waals surface area contributed by atoms with E-state index in [1.165, 1.54) is 0 Å². The third-order valence-corrected chi connectivity index (χ3v) is 4.91. The Morgan fingerprint density at radius 3 is 2.68 bits per heavy atom. The van der Waals surface area contributed by atoms with E-state index in [9.17, 15) is 5.11 Å². The first kappa shape index (κ1) is 17.0. The monoisotopic (exact) mass is 304 g/mol. The Morgan fingerprint density at radius 1 is 1.36 bits per heavy atom. The molecule has 0 bridgehead atoms. The number of aliphatic imine (C=N–C) groups is 1. The minimum Gasteiger partial charge on any atom is -0.497 e. The predicted octanol–water partition coefficient (Wildman–Crippen LogP) is 2.60. The zero-order valence-electron chi connectivity index (χ0n) is 14.1. The summed E-state index contributed by atoms with van der Waals surface area (Å²) < 4.78 is 5.14. The first-order chi connectivity index (χ1) is 10.4. The van der Waals surface area contributed by atoms with Crippen LogP contribution in [0.1, 0.15) is 32.3 Å². The second-order valence-corrected chi connectivity index (χ2v) is 6.56. The third-order valence-electron chi connectivity index (χ3n) is 4.91. The van der Waals surface area contributed by atoms with Gasteiger partial charge in [-0.2, -0.15) is 0 Å². The third kappa shape index (κ3) is 4.08. The summed E-state index contributed by atoms with van der Waals surface area (Å²) in [7, 11) is 3.79. The van der Waals surface area contributed by atoms with Crippen LogP contribution in [0.4, 0.5) is 0 Å². The van der Waals surface area contributed by atoms with E-state index in [0.717, 1.165) is 30.7 Å². The molecule has 0 saturated carbocycles. The van der Waals surface area contributed by atoms with E-state index in [4.69, 9.17) is 4.74 Å². The lowest BCUT2D eigenvalue weighted by Gasteiger charge is -2.45. The minimum atomic E-state index is -0.594. The lowest BCUT2D eigenvalue weighted by Crippen LogP contribution is -2.53. The zero-order valence-corrected chi connectivity index (χ0v) is 14.1. The predicted molar refractivity (Wildman–Crippen MR) is 90.9 cm³/mol. The van der Waals surface area contributed by atoms with Gasteiger partial charge in [-0.15, -0.1) is 0 Å². The van der Waals surface area contributed by atoms with Crippen LogP contribution in [-0.4, -0.2) is 55.1 Å². The second-order valence-electron chi connectivity index (χ2n) is 6.56. The van der Waals surface area contributed by atoms with Crippen LogP contribution in [0.25, 0.3) is 0 Å². The molecule has 3 atom stereocenters. The van der Waals surface area contributed by atoms with Crippen molar-refractivity contribution in [3.8, 4) is 5.75 Å². The van der Waals surface area contributed by atoms with Crippen molar-refractivity contribution in [1.29, 1.82) is 0 Å². The van der Waals surface area contributed by atoms with Crippen LogP contribution < -0.4 is 4.74 Å². The van der Waals surface area contributed by atoms with E-state index in [1.54, 1.807) is 7.11 Å². The molecule has 122 valence electrons. The molecule has 0 unspecified atom stereocenters. The SMILES string of the molecule is COc1ccc(C=NCC[C@@]2(O)C[C@@H](C)N(C)C[C@H]2C)cc1. The number of rotatable bonds is 5. The lowest BCUT2D eigenvalue weighted by molar-refractivity contribution is -0.0818. The molecule has 0 spiro atoms. The summed E-state index contributed by atoms with van der Waals surface area (Å²) >= 11 is 0. The number of nitrogens with zero attached hydrogens (tertiary/aromatic N) is 2. The molecular formula is C18H28N2O2. The van der Waals surface area contributed by atoms with Gasteiger partial charge in [-0.3, -0.25) is 4.99 Å². The Kier molecular flexibility index (Phi) is 5.59. The van der Waals surface area contributed by atoms with Crippen LogP contribution in [-0.2, 0) is 0 Å². The molecule has 1 N–H and O–H groups in total. The summed E-state index contributed by atoms with van der Waals surface area (Å²) in [5.74, 6) is 1.13. The molecule has 4 heteroatoms. The smallest absolute Gasteiger partial charge is 0.118 e. The van der Waals surface area contributed by atoms with Gasteiger partial charge < -0.3 is 14.7 Å². The van der Waals surface area contributed by atoms with Crippen LogP contribution >= 0.6 is 0 Å². The minimum absolute atomic E-state index is 0.282. The van der Waals surface area contributed by atoms with Gasteiger partial charge in [0.15, 0.2) is 0 Å². The molecule has 1 aliphatic rings. The molecule has 1 aliphatic heterocycles. The maximum absolute atomic E-state index is 10.9. The molecule has 4 nitrogen and oxygen atoms in total. The normalized spacial score (nSPS) is 29.9. The van der Waals surface area contributed by atoms with E-state index in [1.807, 2.05) is 30.5 Å². The molecule has 1 saturated heterocycles. The molecule has 0 radical (unpaired) electrons. The summed E-state index contributed by atoms with van der Waals surface area (Å²) in [5.41, 5.74) is 0.459. The average Bonchev–Trinajstić information content (AvgIpc) is 2.50. The number of hydrogen-bond donors (Lipinski definition) is 1. The number of methoxy groups -OCH3 is 1. The fourth-order valence-corrected chi connectivity index (χ4v) is 3.12. The van der Waals surface area contributed by atoms with Gasteiger partial charge in [-0.05, 0) is 62.6 Å². The highest BCUT2D eigenvalue weighted by Crippen LogP contribution is 2.33. The highest BCUT2D eigenvalue weighted by atomic mass is 16.5. The summed E-state index contributed by atoms with van der Waals surface area (Å²) in [6.45, 7) is 5.91. The molecule has 2 rings (SSSR count). The number of aliphatic hydroxyl groups is 1.